The first-order valence-corrected chi connectivity index (χ1v) is 6.37. The van der Waals surface area contributed by atoms with E-state index < -0.39 is 8.80 Å². The number of hydrogen-bond donors (Lipinski definition) is 0. The summed E-state index contributed by atoms with van der Waals surface area (Å²) in [6, 6.07) is 2.16. The average molecular weight is 180 g/mol. The molecule has 0 radical (unpaired) electrons. The van der Waals surface area contributed by atoms with Crippen LogP contribution in [0.15, 0.2) is 36.0 Å². The van der Waals surface area contributed by atoms with E-state index in [1.54, 1.807) is 0 Å². The van der Waals surface area contributed by atoms with Crippen molar-refractivity contribution in [2.75, 3.05) is 0 Å². The van der Waals surface area contributed by atoms with Gasteiger partial charge in [-0.05, 0) is 28.4 Å². The van der Waals surface area contributed by atoms with Crippen LogP contribution < -0.4 is 4.50 Å². The van der Waals surface area contributed by atoms with Gasteiger partial charge in [-0.1, -0.05) is 11.4 Å². The van der Waals surface area contributed by atoms with Gasteiger partial charge in [-0.15, -0.1) is 13.2 Å². The number of rotatable bonds is 3. The molecule has 1 aromatic heterocycles. The van der Waals surface area contributed by atoms with Gasteiger partial charge in [0.15, 0.2) is 0 Å². The Bertz CT molecular complexity index is 254. The van der Waals surface area contributed by atoms with Crippen molar-refractivity contribution in [3.05, 3.63) is 41.6 Å². The van der Waals surface area contributed by atoms with Gasteiger partial charge >= 0.3 is 0 Å². The fourth-order valence-electron chi connectivity index (χ4n) is 1.04. The van der Waals surface area contributed by atoms with Gasteiger partial charge in [-0.2, -0.15) is 11.3 Å². The predicted molar refractivity (Wildman–Crippen MR) is 56.2 cm³/mol. The maximum Gasteiger partial charge on any atom is 0.129 e. The zero-order valence-corrected chi connectivity index (χ0v) is 8.68. The van der Waals surface area contributed by atoms with Crippen LogP contribution in [0.4, 0.5) is 0 Å². The van der Waals surface area contributed by atoms with E-state index in [-0.39, 0.29) is 0 Å². The summed E-state index contributed by atoms with van der Waals surface area (Å²) in [5.74, 6) is 0. The minimum atomic E-state index is -0.995. The van der Waals surface area contributed by atoms with Crippen molar-refractivity contribution in [2.24, 2.45) is 0 Å². The van der Waals surface area contributed by atoms with Gasteiger partial charge in [-0.3, -0.25) is 0 Å². The Kier molecular flexibility index (Phi) is 2.85. The molecule has 1 heterocycles. The van der Waals surface area contributed by atoms with Crippen LogP contribution in [0.2, 0.25) is 0 Å². The Morgan fingerprint density at radius 1 is 1.45 bits per heavy atom. The molecule has 1 rings (SSSR count). The van der Waals surface area contributed by atoms with Gasteiger partial charge in [0.2, 0.25) is 0 Å². The van der Waals surface area contributed by atoms with Crippen molar-refractivity contribution in [3.63, 3.8) is 0 Å². The van der Waals surface area contributed by atoms with E-state index in [9.17, 15) is 0 Å². The Morgan fingerprint density at radius 2 is 2.09 bits per heavy atom. The third kappa shape index (κ3) is 1.70. The van der Waals surface area contributed by atoms with Gasteiger partial charge in [0.1, 0.15) is 8.80 Å². The van der Waals surface area contributed by atoms with Crippen LogP contribution >= 0.6 is 11.3 Å². The van der Waals surface area contributed by atoms with E-state index in [1.807, 2.05) is 11.3 Å². The molecule has 1 aromatic rings. The van der Waals surface area contributed by atoms with Crippen LogP contribution in [0.1, 0.15) is 5.56 Å². The van der Waals surface area contributed by atoms with Crippen molar-refractivity contribution >= 4 is 24.6 Å². The third-order valence-electron chi connectivity index (χ3n) is 1.71. The van der Waals surface area contributed by atoms with Crippen LogP contribution in [0.5, 0.6) is 0 Å². The van der Waals surface area contributed by atoms with E-state index in [0.717, 1.165) is 0 Å². The largest absolute Gasteiger partial charge is 0.153 e. The molecule has 0 amide bonds. The molecular weight excluding hydrogens is 168 g/mol. The molecule has 0 unspecified atom stereocenters. The molecule has 0 aliphatic rings. The lowest BCUT2D eigenvalue weighted by atomic mass is 10.4. The second-order valence-electron chi connectivity index (χ2n) is 2.47. The standard InChI is InChI=1S/C9H12SSi/c1-4-11(5-2)9-8(3)6-7-10-9/h4-7,11H,1-2H2,3H3. The van der Waals surface area contributed by atoms with Crippen molar-refractivity contribution in [3.8, 4) is 0 Å². The highest BCUT2D eigenvalue weighted by molar-refractivity contribution is 7.23. The van der Waals surface area contributed by atoms with E-state index in [1.165, 1.54) is 10.1 Å². The summed E-state index contributed by atoms with van der Waals surface area (Å²) in [4.78, 5) is 0. The smallest absolute Gasteiger partial charge is 0.129 e. The average Bonchev–Trinajstić information content (AvgIpc) is 2.40. The molecule has 0 aromatic carbocycles. The second-order valence-corrected chi connectivity index (χ2v) is 6.40. The molecule has 0 atom stereocenters. The van der Waals surface area contributed by atoms with Gasteiger partial charge in [0.05, 0.1) is 0 Å². The molecule has 0 saturated carbocycles. The van der Waals surface area contributed by atoms with Crippen LogP contribution in [-0.2, 0) is 0 Å². The third-order valence-corrected chi connectivity index (χ3v) is 5.86. The van der Waals surface area contributed by atoms with Crippen LogP contribution in [-0.4, -0.2) is 8.80 Å². The fourth-order valence-corrected chi connectivity index (χ4v) is 4.39. The molecule has 0 fully saturated rings. The number of aryl methyl sites for hydroxylation is 1. The Balaban J connectivity index is 2.98. The predicted octanol–water partition coefficient (Wildman–Crippen LogP) is 1.94. The quantitative estimate of drug-likeness (QED) is 0.624. The Morgan fingerprint density at radius 3 is 2.45 bits per heavy atom. The first kappa shape index (κ1) is 8.49. The van der Waals surface area contributed by atoms with E-state index in [2.05, 4.69) is 42.9 Å². The monoisotopic (exact) mass is 180 g/mol. The fraction of sp³-hybridized carbons (Fsp3) is 0.111. The SMILES string of the molecule is C=C[SiH](C=C)c1sccc1C. The molecule has 11 heavy (non-hydrogen) atoms. The topological polar surface area (TPSA) is 0 Å². The summed E-state index contributed by atoms with van der Waals surface area (Å²) in [6.07, 6.45) is 0. The normalized spacial score (nSPS) is 10.0. The van der Waals surface area contributed by atoms with Gasteiger partial charge < -0.3 is 0 Å². The minimum absolute atomic E-state index is 0.995. The number of thiophene rings is 1. The maximum absolute atomic E-state index is 3.83. The summed E-state index contributed by atoms with van der Waals surface area (Å²) < 4.78 is 1.50. The highest BCUT2D eigenvalue weighted by atomic mass is 32.1. The summed E-state index contributed by atoms with van der Waals surface area (Å²) >= 11 is 1.83. The Labute approximate surface area is 73.5 Å². The molecule has 58 valence electrons. The lowest BCUT2D eigenvalue weighted by Gasteiger charge is -2.02. The highest BCUT2D eigenvalue weighted by Gasteiger charge is 2.08. The van der Waals surface area contributed by atoms with Gasteiger partial charge in [0.25, 0.3) is 0 Å². The number of hydrogen-bond acceptors (Lipinski definition) is 1. The first-order valence-electron chi connectivity index (χ1n) is 3.58. The highest BCUT2D eigenvalue weighted by Crippen LogP contribution is 2.04. The van der Waals surface area contributed by atoms with Crippen molar-refractivity contribution < 1.29 is 0 Å². The zero-order chi connectivity index (χ0) is 8.27. The molecule has 0 spiro atoms. The van der Waals surface area contributed by atoms with E-state index in [4.69, 9.17) is 0 Å². The lowest BCUT2D eigenvalue weighted by Crippen LogP contribution is -2.24. The first-order chi connectivity index (χ1) is 5.29. The summed E-state index contributed by atoms with van der Waals surface area (Å²) in [5, 5.41) is 2.14. The minimum Gasteiger partial charge on any atom is -0.153 e. The molecule has 0 bridgehead atoms. The van der Waals surface area contributed by atoms with Crippen molar-refractivity contribution in [2.45, 2.75) is 6.92 Å². The molecule has 0 saturated heterocycles. The Hall–Kier alpha value is -0.603. The van der Waals surface area contributed by atoms with Crippen molar-refractivity contribution in [1.82, 2.24) is 0 Å². The van der Waals surface area contributed by atoms with Crippen LogP contribution in [0.25, 0.3) is 0 Å². The van der Waals surface area contributed by atoms with Gasteiger partial charge in [-0.25, -0.2) is 0 Å². The van der Waals surface area contributed by atoms with Crippen molar-refractivity contribution in [1.29, 1.82) is 0 Å². The molecular formula is C9H12SSi. The van der Waals surface area contributed by atoms with E-state index in [0.29, 0.717) is 0 Å². The summed E-state index contributed by atoms with van der Waals surface area (Å²) in [6.45, 7) is 9.80. The summed E-state index contributed by atoms with van der Waals surface area (Å²) in [7, 11) is -0.995. The molecule has 0 nitrogen and oxygen atoms in total. The molecule has 2 heteroatoms. The summed E-state index contributed by atoms with van der Waals surface area (Å²) in [5.41, 5.74) is 5.52. The molecule has 0 N–H and O–H groups in total. The molecule has 0 aliphatic carbocycles. The van der Waals surface area contributed by atoms with E-state index >= 15 is 0 Å². The maximum atomic E-state index is 3.83. The van der Waals surface area contributed by atoms with Gasteiger partial charge in [0, 0.05) is 0 Å². The molecule has 0 aliphatic heterocycles. The zero-order valence-electron chi connectivity index (χ0n) is 6.71. The van der Waals surface area contributed by atoms with Crippen LogP contribution in [0.3, 0.4) is 0 Å². The van der Waals surface area contributed by atoms with Crippen LogP contribution in [0, 0.1) is 6.92 Å². The second kappa shape index (κ2) is 3.69. The lowest BCUT2D eigenvalue weighted by molar-refractivity contribution is 1.58.